The minimum atomic E-state index is 0.527. The second-order valence-corrected chi connectivity index (χ2v) is 5.99. The Hall–Kier alpha value is -1.62. The second-order valence-electron chi connectivity index (χ2n) is 4.65. The summed E-state index contributed by atoms with van der Waals surface area (Å²) in [4.78, 5) is 11.4. The van der Waals surface area contributed by atoms with Crippen LogP contribution >= 0.6 is 11.3 Å². The van der Waals surface area contributed by atoms with E-state index in [-0.39, 0.29) is 0 Å². The van der Waals surface area contributed by atoms with Crippen LogP contribution in [0.25, 0.3) is 0 Å². The number of nitrogens with one attached hydrogen (secondary N) is 1. The molecular weight excluding hydrogens is 256 g/mol. The predicted molar refractivity (Wildman–Crippen MR) is 81.6 cm³/mol. The van der Waals surface area contributed by atoms with Crippen molar-refractivity contribution >= 4 is 23.0 Å². The summed E-state index contributed by atoms with van der Waals surface area (Å²) in [5.74, 6) is 2.14. The van der Waals surface area contributed by atoms with E-state index < -0.39 is 0 Å². The van der Waals surface area contributed by atoms with Crippen molar-refractivity contribution in [1.82, 2.24) is 9.97 Å². The SMILES string of the molecule is CCCc1nc(N)cc(NCc2cc(C)c(C)s2)n1. The Labute approximate surface area is 118 Å². The Morgan fingerprint density at radius 3 is 2.68 bits per heavy atom. The molecule has 2 rings (SSSR count). The number of hydrogen-bond acceptors (Lipinski definition) is 5. The first kappa shape index (κ1) is 13.8. The standard InChI is InChI=1S/C14H20N4S/c1-4-5-13-17-12(15)7-14(18-13)16-8-11-6-9(2)10(3)19-11/h6-7H,4-5,8H2,1-3H3,(H3,15,16,17,18). The van der Waals surface area contributed by atoms with Gasteiger partial charge in [0.25, 0.3) is 0 Å². The molecule has 0 bridgehead atoms. The van der Waals surface area contributed by atoms with E-state index in [2.05, 4.69) is 42.1 Å². The van der Waals surface area contributed by atoms with Crippen LogP contribution in [0, 0.1) is 13.8 Å². The van der Waals surface area contributed by atoms with E-state index in [1.54, 1.807) is 6.07 Å². The van der Waals surface area contributed by atoms with Gasteiger partial charge in [-0.15, -0.1) is 11.3 Å². The van der Waals surface area contributed by atoms with Crippen molar-refractivity contribution in [2.75, 3.05) is 11.1 Å². The van der Waals surface area contributed by atoms with E-state index in [1.807, 2.05) is 11.3 Å². The molecule has 0 spiro atoms. The van der Waals surface area contributed by atoms with Crippen LogP contribution in [0.4, 0.5) is 11.6 Å². The minimum Gasteiger partial charge on any atom is -0.384 e. The molecule has 2 aromatic heterocycles. The number of rotatable bonds is 5. The molecular formula is C14H20N4S. The van der Waals surface area contributed by atoms with Gasteiger partial charge in [-0.2, -0.15) is 0 Å². The van der Waals surface area contributed by atoms with E-state index in [9.17, 15) is 0 Å². The molecule has 0 aliphatic carbocycles. The van der Waals surface area contributed by atoms with Crippen molar-refractivity contribution in [2.24, 2.45) is 0 Å². The molecule has 3 N–H and O–H groups in total. The molecule has 0 aliphatic rings. The average molecular weight is 276 g/mol. The van der Waals surface area contributed by atoms with Crippen molar-refractivity contribution < 1.29 is 0 Å². The molecule has 102 valence electrons. The predicted octanol–water partition coefficient (Wildman–Crippen LogP) is 3.30. The molecule has 0 radical (unpaired) electrons. The highest BCUT2D eigenvalue weighted by Crippen LogP contribution is 2.21. The fourth-order valence-electron chi connectivity index (χ4n) is 1.86. The molecule has 0 saturated heterocycles. The van der Waals surface area contributed by atoms with Gasteiger partial charge in [0.2, 0.25) is 0 Å². The monoisotopic (exact) mass is 276 g/mol. The van der Waals surface area contributed by atoms with Crippen LogP contribution in [-0.4, -0.2) is 9.97 Å². The number of aromatic nitrogens is 2. The highest BCUT2D eigenvalue weighted by Gasteiger charge is 2.04. The number of anilines is 2. The Morgan fingerprint density at radius 2 is 2.05 bits per heavy atom. The smallest absolute Gasteiger partial charge is 0.133 e. The molecule has 0 amide bonds. The highest BCUT2D eigenvalue weighted by atomic mass is 32.1. The molecule has 0 aliphatic heterocycles. The summed E-state index contributed by atoms with van der Waals surface area (Å²) in [6.07, 6.45) is 1.88. The summed E-state index contributed by atoms with van der Waals surface area (Å²) >= 11 is 1.82. The number of hydrogen-bond donors (Lipinski definition) is 2. The van der Waals surface area contributed by atoms with Crippen molar-refractivity contribution in [1.29, 1.82) is 0 Å². The van der Waals surface area contributed by atoms with Crippen LogP contribution in [0.5, 0.6) is 0 Å². The van der Waals surface area contributed by atoms with Gasteiger partial charge in [0.15, 0.2) is 0 Å². The van der Waals surface area contributed by atoms with Crippen molar-refractivity contribution in [2.45, 2.75) is 40.2 Å². The zero-order chi connectivity index (χ0) is 13.8. The molecule has 0 atom stereocenters. The van der Waals surface area contributed by atoms with Gasteiger partial charge in [-0.25, -0.2) is 9.97 Å². The Morgan fingerprint density at radius 1 is 1.26 bits per heavy atom. The number of nitrogens with zero attached hydrogens (tertiary/aromatic N) is 2. The third-order valence-corrected chi connectivity index (χ3v) is 4.08. The normalized spacial score (nSPS) is 10.7. The van der Waals surface area contributed by atoms with Crippen molar-refractivity contribution in [3.8, 4) is 0 Å². The Balaban J connectivity index is 2.06. The maximum atomic E-state index is 5.80. The minimum absolute atomic E-state index is 0.527. The third-order valence-electron chi connectivity index (χ3n) is 2.93. The number of nitrogens with two attached hydrogens (primary N) is 1. The number of thiophene rings is 1. The van der Waals surface area contributed by atoms with Gasteiger partial charge in [0, 0.05) is 22.2 Å². The molecule has 2 aromatic rings. The molecule has 0 saturated carbocycles. The molecule has 19 heavy (non-hydrogen) atoms. The first-order chi connectivity index (χ1) is 9.08. The second kappa shape index (κ2) is 6.02. The molecule has 5 heteroatoms. The van der Waals surface area contributed by atoms with Gasteiger partial charge in [0.1, 0.15) is 17.5 Å². The van der Waals surface area contributed by atoms with Crippen LogP contribution in [0.2, 0.25) is 0 Å². The van der Waals surface area contributed by atoms with E-state index in [1.165, 1.54) is 15.3 Å². The lowest BCUT2D eigenvalue weighted by molar-refractivity contribution is 0.837. The maximum absolute atomic E-state index is 5.80. The fourth-order valence-corrected chi connectivity index (χ4v) is 2.85. The van der Waals surface area contributed by atoms with Gasteiger partial charge >= 0.3 is 0 Å². The van der Waals surface area contributed by atoms with E-state index >= 15 is 0 Å². The molecule has 4 nitrogen and oxygen atoms in total. The van der Waals surface area contributed by atoms with Crippen LogP contribution < -0.4 is 11.1 Å². The quantitative estimate of drug-likeness (QED) is 0.879. The first-order valence-corrected chi connectivity index (χ1v) is 7.33. The van der Waals surface area contributed by atoms with Crippen LogP contribution in [0.1, 0.15) is 34.5 Å². The number of nitrogen functional groups attached to an aromatic ring is 1. The van der Waals surface area contributed by atoms with E-state index in [0.717, 1.165) is 31.0 Å². The number of aryl methyl sites for hydroxylation is 3. The van der Waals surface area contributed by atoms with Crippen molar-refractivity contribution in [3.05, 3.63) is 33.3 Å². The zero-order valence-electron chi connectivity index (χ0n) is 11.7. The first-order valence-electron chi connectivity index (χ1n) is 6.51. The van der Waals surface area contributed by atoms with E-state index in [0.29, 0.717) is 5.82 Å². The lowest BCUT2D eigenvalue weighted by Crippen LogP contribution is -2.05. The zero-order valence-corrected chi connectivity index (χ0v) is 12.5. The maximum Gasteiger partial charge on any atom is 0.133 e. The van der Waals surface area contributed by atoms with Gasteiger partial charge in [-0.1, -0.05) is 6.92 Å². The molecule has 0 aromatic carbocycles. The Kier molecular flexibility index (Phi) is 4.37. The summed E-state index contributed by atoms with van der Waals surface area (Å²) in [6.45, 7) is 7.17. The lowest BCUT2D eigenvalue weighted by Gasteiger charge is -2.07. The van der Waals surface area contributed by atoms with E-state index in [4.69, 9.17) is 5.73 Å². The fraction of sp³-hybridized carbons (Fsp3) is 0.429. The summed E-state index contributed by atoms with van der Waals surface area (Å²) < 4.78 is 0. The largest absolute Gasteiger partial charge is 0.384 e. The summed E-state index contributed by atoms with van der Waals surface area (Å²) in [5.41, 5.74) is 7.14. The highest BCUT2D eigenvalue weighted by molar-refractivity contribution is 7.12. The summed E-state index contributed by atoms with van der Waals surface area (Å²) in [5, 5.41) is 3.32. The molecule has 0 unspecified atom stereocenters. The van der Waals surface area contributed by atoms with Gasteiger partial charge < -0.3 is 11.1 Å². The lowest BCUT2D eigenvalue weighted by atomic mass is 10.3. The van der Waals surface area contributed by atoms with Crippen molar-refractivity contribution in [3.63, 3.8) is 0 Å². The van der Waals surface area contributed by atoms with Gasteiger partial charge in [0.05, 0.1) is 6.54 Å². The third kappa shape index (κ3) is 3.67. The van der Waals surface area contributed by atoms with Crippen LogP contribution in [0.15, 0.2) is 12.1 Å². The summed E-state index contributed by atoms with van der Waals surface area (Å²) in [7, 11) is 0. The Bertz CT molecular complexity index is 543. The average Bonchev–Trinajstić information content (AvgIpc) is 2.66. The molecule has 0 fully saturated rings. The van der Waals surface area contributed by atoms with Gasteiger partial charge in [-0.05, 0) is 31.9 Å². The molecule has 2 heterocycles. The van der Waals surface area contributed by atoms with Crippen LogP contribution in [-0.2, 0) is 13.0 Å². The van der Waals surface area contributed by atoms with Gasteiger partial charge in [-0.3, -0.25) is 0 Å². The topological polar surface area (TPSA) is 63.8 Å². The summed E-state index contributed by atoms with van der Waals surface area (Å²) in [6, 6.07) is 4.00. The van der Waals surface area contributed by atoms with Crippen LogP contribution in [0.3, 0.4) is 0 Å².